The lowest BCUT2D eigenvalue weighted by molar-refractivity contribution is 0.0735. The second kappa shape index (κ2) is 5.31. The largest absolute Gasteiger partial charge is 0.491 e. The second-order valence-corrected chi connectivity index (χ2v) is 6.00. The van der Waals surface area contributed by atoms with Crippen LogP contribution in [0.2, 0.25) is 5.02 Å². The molecule has 1 amide bonds. The van der Waals surface area contributed by atoms with E-state index in [4.69, 9.17) is 16.3 Å². The molecule has 0 spiro atoms. The van der Waals surface area contributed by atoms with E-state index in [1.165, 1.54) is 0 Å². The summed E-state index contributed by atoms with van der Waals surface area (Å²) >= 11 is 6.07. The van der Waals surface area contributed by atoms with Gasteiger partial charge in [0.05, 0.1) is 12.7 Å². The number of hydrogen-bond acceptors (Lipinski definition) is 3. The number of rotatable bonds is 1. The molecule has 3 heterocycles. The minimum Gasteiger partial charge on any atom is -0.491 e. The van der Waals surface area contributed by atoms with Crippen molar-refractivity contribution >= 4 is 23.2 Å². The molecule has 2 aromatic heterocycles. The predicted molar refractivity (Wildman–Crippen MR) is 85.9 cm³/mol. The van der Waals surface area contributed by atoms with Crippen LogP contribution in [0.15, 0.2) is 36.8 Å². The third kappa shape index (κ3) is 2.35. The molecule has 0 atom stereocenters. The predicted octanol–water partition coefficient (Wildman–Crippen LogP) is 2.36. The summed E-state index contributed by atoms with van der Waals surface area (Å²) in [5, 5.41) is 4.87. The third-order valence-electron chi connectivity index (χ3n) is 4.05. The molecule has 6 nitrogen and oxygen atoms in total. The molecule has 0 saturated carbocycles. The van der Waals surface area contributed by atoms with Crippen LogP contribution in [0.1, 0.15) is 15.9 Å². The van der Waals surface area contributed by atoms with Gasteiger partial charge in [0.25, 0.3) is 5.91 Å². The van der Waals surface area contributed by atoms with Crippen LogP contribution < -0.4 is 4.74 Å². The number of amides is 1. The zero-order valence-corrected chi connectivity index (χ0v) is 13.3. The Balaban J connectivity index is 1.70. The molecule has 7 heteroatoms. The number of carbonyl (C=O) groups is 1. The fourth-order valence-electron chi connectivity index (χ4n) is 2.91. The number of fused-ring (bicyclic) bond motifs is 2. The maximum atomic E-state index is 12.9. The van der Waals surface area contributed by atoms with Gasteiger partial charge in [-0.1, -0.05) is 11.6 Å². The normalized spacial score (nSPS) is 14.4. The van der Waals surface area contributed by atoms with E-state index in [9.17, 15) is 4.79 Å². The van der Waals surface area contributed by atoms with Gasteiger partial charge in [-0.2, -0.15) is 5.10 Å². The first-order valence-corrected chi connectivity index (χ1v) is 7.70. The molecule has 0 unspecified atom stereocenters. The number of imidazole rings is 1. The molecule has 1 aromatic carbocycles. The van der Waals surface area contributed by atoms with Gasteiger partial charge in [-0.15, -0.1) is 0 Å². The van der Waals surface area contributed by atoms with Gasteiger partial charge < -0.3 is 14.2 Å². The van der Waals surface area contributed by atoms with Crippen molar-refractivity contribution in [3.8, 4) is 5.75 Å². The van der Waals surface area contributed by atoms with Crippen molar-refractivity contribution in [2.45, 2.75) is 6.54 Å². The highest BCUT2D eigenvalue weighted by atomic mass is 35.5. The van der Waals surface area contributed by atoms with Crippen LogP contribution >= 0.6 is 11.6 Å². The first-order valence-electron chi connectivity index (χ1n) is 7.32. The van der Waals surface area contributed by atoms with Crippen molar-refractivity contribution in [1.29, 1.82) is 0 Å². The van der Waals surface area contributed by atoms with E-state index in [1.807, 2.05) is 36.1 Å². The summed E-state index contributed by atoms with van der Waals surface area (Å²) in [6.07, 6.45) is 5.31. The Bertz CT molecular complexity index is 899. The van der Waals surface area contributed by atoms with Crippen molar-refractivity contribution in [1.82, 2.24) is 19.1 Å². The molecule has 1 aliphatic rings. The van der Waals surface area contributed by atoms with Crippen LogP contribution in [-0.2, 0) is 13.6 Å². The van der Waals surface area contributed by atoms with Gasteiger partial charge in [0.15, 0.2) is 0 Å². The second-order valence-electron chi connectivity index (χ2n) is 5.56. The van der Waals surface area contributed by atoms with Gasteiger partial charge in [0.1, 0.15) is 23.6 Å². The third-order valence-corrected chi connectivity index (χ3v) is 4.29. The molecule has 0 radical (unpaired) electrons. The van der Waals surface area contributed by atoms with E-state index >= 15 is 0 Å². The smallest absolute Gasteiger partial charge is 0.259 e. The molecule has 118 valence electrons. The number of hydrogen-bond donors (Lipinski definition) is 0. The number of carbonyl (C=O) groups excluding carboxylic acids is 1. The molecule has 0 fully saturated rings. The van der Waals surface area contributed by atoms with E-state index in [1.54, 1.807) is 21.7 Å². The van der Waals surface area contributed by atoms with Crippen LogP contribution in [0.3, 0.4) is 0 Å². The maximum Gasteiger partial charge on any atom is 0.259 e. The summed E-state index contributed by atoms with van der Waals surface area (Å²) in [7, 11) is 1.90. The zero-order valence-electron chi connectivity index (χ0n) is 12.6. The monoisotopic (exact) mass is 330 g/mol. The average Bonchev–Trinajstić information content (AvgIpc) is 3.04. The highest BCUT2D eigenvalue weighted by molar-refractivity contribution is 6.30. The summed E-state index contributed by atoms with van der Waals surface area (Å²) in [5.41, 5.74) is 2.29. The van der Waals surface area contributed by atoms with E-state index in [2.05, 4.69) is 5.10 Å². The summed E-state index contributed by atoms with van der Waals surface area (Å²) in [6, 6.07) is 5.49. The van der Waals surface area contributed by atoms with Gasteiger partial charge in [0, 0.05) is 36.6 Å². The summed E-state index contributed by atoms with van der Waals surface area (Å²) in [5.74, 6) is 0.724. The molecule has 1 aliphatic heterocycles. The van der Waals surface area contributed by atoms with E-state index in [0.29, 0.717) is 30.3 Å². The molecule has 0 bridgehead atoms. The van der Waals surface area contributed by atoms with E-state index < -0.39 is 0 Å². The molecule has 23 heavy (non-hydrogen) atoms. The fraction of sp³-hybridized carbons (Fsp3) is 0.250. The Morgan fingerprint density at radius 2 is 2.22 bits per heavy atom. The maximum absolute atomic E-state index is 12.9. The quantitative estimate of drug-likeness (QED) is 0.688. The SMILES string of the molecule is Cn1ccn2ncc(C(=O)N3CCOc4ccc(Cl)cc4C3)c12. The van der Waals surface area contributed by atoms with Crippen molar-refractivity contribution in [2.24, 2.45) is 7.05 Å². The van der Waals surface area contributed by atoms with Gasteiger partial charge in [0.2, 0.25) is 0 Å². The molecule has 0 saturated heterocycles. The van der Waals surface area contributed by atoms with E-state index in [-0.39, 0.29) is 5.91 Å². The van der Waals surface area contributed by atoms with Crippen LogP contribution in [0.5, 0.6) is 5.75 Å². The Hall–Kier alpha value is -2.47. The van der Waals surface area contributed by atoms with Crippen molar-refractivity contribution in [3.63, 3.8) is 0 Å². The Kier molecular flexibility index (Phi) is 3.27. The molecular formula is C16H15ClN4O2. The lowest BCUT2D eigenvalue weighted by Crippen LogP contribution is -2.32. The fourth-order valence-corrected chi connectivity index (χ4v) is 3.10. The molecular weight excluding hydrogens is 316 g/mol. The summed E-state index contributed by atoms with van der Waals surface area (Å²) in [6.45, 7) is 1.45. The number of aryl methyl sites for hydroxylation is 1. The van der Waals surface area contributed by atoms with Crippen molar-refractivity contribution < 1.29 is 9.53 Å². The molecule has 3 aromatic rings. The standard InChI is InChI=1S/C16H15ClN4O2/c1-19-4-5-21-15(19)13(9-18-21)16(22)20-6-7-23-14-3-2-12(17)8-11(14)10-20/h2-5,8-9H,6-7,10H2,1H3. The highest BCUT2D eigenvalue weighted by Gasteiger charge is 2.24. The van der Waals surface area contributed by atoms with Crippen molar-refractivity contribution in [3.05, 3.63) is 52.9 Å². The van der Waals surface area contributed by atoms with Gasteiger partial charge in [-0.3, -0.25) is 4.79 Å². The van der Waals surface area contributed by atoms with Gasteiger partial charge in [-0.05, 0) is 18.2 Å². The lowest BCUT2D eigenvalue weighted by Gasteiger charge is -2.19. The molecule has 4 rings (SSSR count). The van der Waals surface area contributed by atoms with Crippen molar-refractivity contribution in [2.75, 3.05) is 13.2 Å². The van der Waals surface area contributed by atoms with Crippen LogP contribution in [0.4, 0.5) is 0 Å². The summed E-state index contributed by atoms with van der Waals surface area (Å²) in [4.78, 5) is 14.7. The Morgan fingerprint density at radius 1 is 1.35 bits per heavy atom. The number of halogens is 1. The molecule has 0 N–H and O–H groups in total. The van der Waals surface area contributed by atoms with E-state index in [0.717, 1.165) is 17.0 Å². The van der Waals surface area contributed by atoms with Crippen LogP contribution in [0.25, 0.3) is 5.65 Å². The average molecular weight is 331 g/mol. The minimum atomic E-state index is -0.0572. The lowest BCUT2D eigenvalue weighted by atomic mass is 10.2. The topological polar surface area (TPSA) is 51.8 Å². The van der Waals surface area contributed by atoms with Gasteiger partial charge in [-0.25, -0.2) is 4.52 Å². The summed E-state index contributed by atoms with van der Waals surface area (Å²) < 4.78 is 9.31. The molecule has 0 aliphatic carbocycles. The van der Waals surface area contributed by atoms with Crippen LogP contribution in [0, 0.1) is 0 Å². The minimum absolute atomic E-state index is 0.0572. The number of benzene rings is 1. The Labute approximate surface area is 137 Å². The number of nitrogens with zero attached hydrogens (tertiary/aromatic N) is 4. The highest BCUT2D eigenvalue weighted by Crippen LogP contribution is 2.27. The number of aromatic nitrogens is 3. The Morgan fingerprint density at radius 3 is 3.09 bits per heavy atom. The zero-order chi connectivity index (χ0) is 16.0. The van der Waals surface area contributed by atoms with Gasteiger partial charge >= 0.3 is 0 Å². The number of ether oxygens (including phenoxy) is 1. The van der Waals surface area contributed by atoms with Crippen LogP contribution in [-0.4, -0.2) is 38.1 Å². The first kappa shape index (κ1) is 14.1. The first-order chi connectivity index (χ1) is 11.1.